The summed E-state index contributed by atoms with van der Waals surface area (Å²) >= 11 is 0. The third-order valence-corrected chi connectivity index (χ3v) is 4.89. The SMILES string of the molecule is COc1ccc(NC(=O)CCC(=O)c2ccc3c(c2)N(C)C(=O)C(C)O3)c(OC)c1. The minimum absolute atomic E-state index is 0.00735. The Morgan fingerprint density at radius 3 is 2.57 bits per heavy atom. The Labute approximate surface area is 174 Å². The summed E-state index contributed by atoms with van der Waals surface area (Å²) in [6.45, 7) is 1.68. The van der Waals surface area contributed by atoms with Gasteiger partial charge in [0, 0.05) is 31.5 Å². The highest BCUT2D eigenvalue weighted by Crippen LogP contribution is 2.34. The second-order valence-electron chi connectivity index (χ2n) is 6.88. The highest BCUT2D eigenvalue weighted by Gasteiger charge is 2.29. The standard InChI is InChI=1S/C22H24N2O6/c1-13-22(27)24(2)17-11-14(5-9-19(17)30-13)18(25)8-10-21(26)23-16-7-6-15(28-3)12-20(16)29-4/h5-7,9,11-13H,8,10H2,1-4H3,(H,23,26). The number of Topliss-reactive ketones (excluding diaryl/α,β-unsaturated/α-hetero) is 1. The van der Waals surface area contributed by atoms with E-state index in [1.807, 2.05) is 0 Å². The van der Waals surface area contributed by atoms with Gasteiger partial charge >= 0.3 is 0 Å². The van der Waals surface area contributed by atoms with Crippen molar-refractivity contribution in [3.8, 4) is 17.2 Å². The normalized spacial score (nSPS) is 15.1. The summed E-state index contributed by atoms with van der Waals surface area (Å²) in [5, 5.41) is 2.74. The maximum absolute atomic E-state index is 12.6. The van der Waals surface area contributed by atoms with Crippen molar-refractivity contribution in [1.29, 1.82) is 0 Å². The molecule has 1 N–H and O–H groups in total. The molecule has 0 aromatic heterocycles. The number of fused-ring (bicyclic) bond motifs is 1. The number of ketones is 1. The van der Waals surface area contributed by atoms with Gasteiger partial charge in [0.15, 0.2) is 11.9 Å². The third kappa shape index (κ3) is 4.37. The quantitative estimate of drug-likeness (QED) is 0.703. The Morgan fingerprint density at radius 1 is 1.10 bits per heavy atom. The maximum Gasteiger partial charge on any atom is 0.267 e. The lowest BCUT2D eigenvalue weighted by molar-refractivity contribution is -0.125. The van der Waals surface area contributed by atoms with Crippen molar-refractivity contribution >= 4 is 29.0 Å². The molecule has 2 aromatic carbocycles. The maximum atomic E-state index is 12.6. The Bertz CT molecular complexity index is 988. The fraction of sp³-hybridized carbons (Fsp3) is 0.318. The van der Waals surface area contributed by atoms with Crippen LogP contribution in [0.2, 0.25) is 0 Å². The molecule has 8 heteroatoms. The molecule has 1 heterocycles. The predicted octanol–water partition coefficient (Wildman–Crippen LogP) is 3.05. The lowest BCUT2D eigenvalue weighted by Crippen LogP contribution is -2.42. The van der Waals surface area contributed by atoms with Crippen molar-refractivity contribution in [2.45, 2.75) is 25.9 Å². The average Bonchev–Trinajstić information content (AvgIpc) is 2.76. The van der Waals surface area contributed by atoms with Crippen molar-refractivity contribution in [1.82, 2.24) is 0 Å². The average molecular weight is 412 g/mol. The van der Waals surface area contributed by atoms with E-state index >= 15 is 0 Å². The van der Waals surface area contributed by atoms with Crippen LogP contribution in [-0.2, 0) is 9.59 Å². The Morgan fingerprint density at radius 2 is 1.87 bits per heavy atom. The summed E-state index contributed by atoms with van der Waals surface area (Å²) in [4.78, 5) is 38.5. The number of rotatable bonds is 7. The van der Waals surface area contributed by atoms with Gasteiger partial charge in [-0.2, -0.15) is 0 Å². The van der Waals surface area contributed by atoms with Crippen LogP contribution in [-0.4, -0.2) is 45.0 Å². The lowest BCUT2D eigenvalue weighted by atomic mass is 10.0. The molecule has 3 rings (SSSR count). The van der Waals surface area contributed by atoms with Gasteiger partial charge in [-0.15, -0.1) is 0 Å². The van der Waals surface area contributed by atoms with Gasteiger partial charge in [-0.05, 0) is 37.3 Å². The molecule has 158 valence electrons. The summed E-state index contributed by atoms with van der Waals surface area (Å²) in [6.07, 6.45) is -0.534. The van der Waals surface area contributed by atoms with Crippen LogP contribution in [0.5, 0.6) is 17.2 Å². The molecule has 0 fully saturated rings. The highest BCUT2D eigenvalue weighted by atomic mass is 16.5. The first-order valence-corrected chi connectivity index (χ1v) is 9.47. The molecule has 0 saturated carbocycles. The van der Waals surface area contributed by atoms with E-state index in [1.165, 1.54) is 12.0 Å². The number of nitrogens with zero attached hydrogens (tertiary/aromatic N) is 1. The third-order valence-electron chi connectivity index (χ3n) is 4.89. The molecule has 30 heavy (non-hydrogen) atoms. The molecule has 8 nitrogen and oxygen atoms in total. The molecule has 2 amide bonds. The molecule has 0 saturated heterocycles. The number of amides is 2. The summed E-state index contributed by atoms with van der Waals surface area (Å²) in [5.74, 6) is 0.925. The van der Waals surface area contributed by atoms with Gasteiger partial charge in [0.25, 0.3) is 5.91 Å². The van der Waals surface area contributed by atoms with Gasteiger partial charge in [0.1, 0.15) is 17.2 Å². The molecule has 1 aliphatic heterocycles. The van der Waals surface area contributed by atoms with Crippen LogP contribution in [0.4, 0.5) is 11.4 Å². The van der Waals surface area contributed by atoms with Gasteiger partial charge in [0.05, 0.1) is 25.6 Å². The summed E-state index contributed by atoms with van der Waals surface area (Å²) in [6, 6.07) is 9.97. The fourth-order valence-corrected chi connectivity index (χ4v) is 3.17. The topological polar surface area (TPSA) is 94.2 Å². The molecule has 0 aliphatic carbocycles. The monoisotopic (exact) mass is 412 g/mol. The molecule has 1 unspecified atom stereocenters. The predicted molar refractivity (Wildman–Crippen MR) is 112 cm³/mol. The number of anilines is 2. The molecule has 0 radical (unpaired) electrons. The van der Waals surface area contributed by atoms with Gasteiger partial charge in [-0.1, -0.05) is 0 Å². The minimum atomic E-state index is -0.567. The van der Waals surface area contributed by atoms with Gasteiger partial charge < -0.3 is 24.4 Å². The second-order valence-corrected chi connectivity index (χ2v) is 6.88. The smallest absolute Gasteiger partial charge is 0.267 e. The zero-order valence-corrected chi connectivity index (χ0v) is 17.4. The van der Waals surface area contributed by atoms with E-state index in [2.05, 4.69) is 5.32 Å². The van der Waals surface area contributed by atoms with E-state index in [0.29, 0.717) is 34.2 Å². The van der Waals surface area contributed by atoms with Gasteiger partial charge in [0.2, 0.25) is 5.91 Å². The first-order chi connectivity index (χ1) is 14.3. The zero-order valence-electron chi connectivity index (χ0n) is 17.4. The number of carbonyl (C=O) groups excluding carboxylic acids is 3. The number of likely N-dealkylation sites (N-methyl/N-ethyl adjacent to an activating group) is 1. The van der Waals surface area contributed by atoms with E-state index in [9.17, 15) is 14.4 Å². The number of nitrogens with one attached hydrogen (secondary N) is 1. The van der Waals surface area contributed by atoms with E-state index in [0.717, 1.165) is 0 Å². The summed E-state index contributed by atoms with van der Waals surface area (Å²) in [7, 11) is 4.68. The zero-order chi connectivity index (χ0) is 21.8. The molecular formula is C22H24N2O6. The highest BCUT2D eigenvalue weighted by molar-refractivity contribution is 6.04. The largest absolute Gasteiger partial charge is 0.497 e. The van der Waals surface area contributed by atoms with Crippen LogP contribution in [0.1, 0.15) is 30.1 Å². The number of ether oxygens (including phenoxy) is 3. The van der Waals surface area contributed by atoms with Crippen LogP contribution >= 0.6 is 0 Å². The Balaban J connectivity index is 1.64. The minimum Gasteiger partial charge on any atom is -0.497 e. The van der Waals surface area contributed by atoms with Crippen LogP contribution in [0.3, 0.4) is 0 Å². The summed E-state index contributed by atoms with van der Waals surface area (Å²) < 4.78 is 16.0. The number of hydrogen-bond donors (Lipinski definition) is 1. The number of benzene rings is 2. The van der Waals surface area contributed by atoms with Crippen molar-refractivity contribution in [2.75, 3.05) is 31.5 Å². The van der Waals surface area contributed by atoms with Gasteiger partial charge in [-0.3, -0.25) is 14.4 Å². The van der Waals surface area contributed by atoms with E-state index in [1.54, 1.807) is 57.5 Å². The van der Waals surface area contributed by atoms with E-state index in [4.69, 9.17) is 14.2 Å². The lowest BCUT2D eigenvalue weighted by Gasteiger charge is -2.30. The summed E-state index contributed by atoms with van der Waals surface area (Å²) in [5.41, 5.74) is 1.45. The molecule has 0 spiro atoms. The number of methoxy groups -OCH3 is 2. The van der Waals surface area contributed by atoms with Crippen LogP contribution in [0, 0.1) is 0 Å². The van der Waals surface area contributed by atoms with E-state index in [-0.39, 0.29) is 30.4 Å². The molecular weight excluding hydrogens is 388 g/mol. The van der Waals surface area contributed by atoms with Crippen molar-refractivity contribution in [2.24, 2.45) is 0 Å². The first kappa shape index (κ1) is 21.2. The second kappa shape index (κ2) is 8.86. The van der Waals surface area contributed by atoms with Crippen LogP contribution in [0.15, 0.2) is 36.4 Å². The molecule has 0 bridgehead atoms. The molecule has 1 aliphatic rings. The van der Waals surface area contributed by atoms with Gasteiger partial charge in [-0.25, -0.2) is 0 Å². The molecule has 1 atom stereocenters. The number of carbonyl (C=O) groups is 3. The van der Waals surface area contributed by atoms with Crippen LogP contribution < -0.4 is 24.4 Å². The Kier molecular flexibility index (Phi) is 6.25. The van der Waals surface area contributed by atoms with Crippen LogP contribution in [0.25, 0.3) is 0 Å². The van der Waals surface area contributed by atoms with Crippen molar-refractivity contribution < 1.29 is 28.6 Å². The van der Waals surface area contributed by atoms with E-state index < -0.39 is 6.10 Å². The van der Waals surface area contributed by atoms with Crippen molar-refractivity contribution in [3.05, 3.63) is 42.0 Å². The molecule has 2 aromatic rings. The fourth-order valence-electron chi connectivity index (χ4n) is 3.17. The van der Waals surface area contributed by atoms with Crippen molar-refractivity contribution in [3.63, 3.8) is 0 Å². The number of hydrogen-bond acceptors (Lipinski definition) is 6. The Hall–Kier alpha value is -3.55. The first-order valence-electron chi connectivity index (χ1n) is 9.47.